The molecule has 0 unspecified atom stereocenters. The number of aromatic carboxylic acids is 1. The number of piperidine rings is 1. The van der Waals surface area contributed by atoms with E-state index in [1.54, 1.807) is 19.2 Å². The number of benzene rings is 2. The minimum absolute atomic E-state index is 0.0518. The number of amides is 1. The Morgan fingerprint density at radius 1 is 1.10 bits per heavy atom. The summed E-state index contributed by atoms with van der Waals surface area (Å²) >= 11 is 1.31. The van der Waals surface area contributed by atoms with Gasteiger partial charge in [0.15, 0.2) is 0 Å². The van der Waals surface area contributed by atoms with Crippen molar-refractivity contribution in [2.24, 2.45) is 0 Å². The third-order valence-corrected chi connectivity index (χ3v) is 5.74. The van der Waals surface area contributed by atoms with Crippen LogP contribution in [-0.2, 0) is 0 Å². The Hall–Kier alpha value is -2.75. The summed E-state index contributed by atoms with van der Waals surface area (Å²) in [5, 5.41) is 18.3. The molecule has 0 atom stereocenters. The smallest absolute Gasteiger partial charge is 0.336 e. The maximum absolute atomic E-state index is 12.0. The normalized spacial score (nSPS) is 15.0. The first kappa shape index (κ1) is 21.0. The van der Waals surface area contributed by atoms with Gasteiger partial charge in [-0.1, -0.05) is 6.07 Å². The molecule has 1 heterocycles. The van der Waals surface area contributed by atoms with Gasteiger partial charge in [-0.15, -0.1) is 0 Å². The van der Waals surface area contributed by atoms with Crippen molar-refractivity contribution in [1.29, 1.82) is 0 Å². The van der Waals surface area contributed by atoms with Crippen LogP contribution in [0.25, 0.3) is 0 Å². The summed E-state index contributed by atoms with van der Waals surface area (Å²) in [7, 11) is 1.62. The Labute approximate surface area is 172 Å². The van der Waals surface area contributed by atoms with Crippen LogP contribution in [0.3, 0.4) is 0 Å². The highest BCUT2D eigenvalue weighted by molar-refractivity contribution is 7.97. The van der Waals surface area contributed by atoms with Crippen molar-refractivity contribution in [2.45, 2.75) is 23.8 Å². The molecule has 2 aromatic rings. The summed E-state index contributed by atoms with van der Waals surface area (Å²) in [5.74, 6) is -0.510. The van der Waals surface area contributed by atoms with Crippen molar-refractivity contribution in [3.63, 3.8) is 0 Å². The SMILES string of the molecule is COc1ccc(OC2CCN(Sc3cccc(C(=O)O)c3C(=O)NO)CC2)cc1. The van der Waals surface area contributed by atoms with E-state index < -0.39 is 11.9 Å². The lowest BCUT2D eigenvalue weighted by atomic mass is 10.1. The van der Waals surface area contributed by atoms with Crippen molar-refractivity contribution >= 4 is 23.8 Å². The lowest BCUT2D eigenvalue weighted by Crippen LogP contribution is -2.34. The van der Waals surface area contributed by atoms with E-state index >= 15 is 0 Å². The number of carboxylic acid groups (broad SMARTS) is 1. The molecule has 1 fully saturated rings. The van der Waals surface area contributed by atoms with Crippen LogP contribution in [0.15, 0.2) is 47.4 Å². The number of hydrogen-bond donors (Lipinski definition) is 3. The van der Waals surface area contributed by atoms with Crippen molar-refractivity contribution in [3.8, 4) is 11.5 Å². The number of hydrogen-bond acceptors (Lipinski definition) is 7. The minimum Gasteiger partial charge on any atom is -0.497 e. The first-order valence-electron chi connectivity index (χ1n) is 9.06. The van der Waals surface area contributed by atoms with E-state index in [9.17, 15) is 14.7 Å². The maximum atomic E-state index is 12.0. The maximum Gasteiger partial charge on any atom is 0.336 e. The van der Waals surface area contributed by atoms with Crippen LogP contribution in [0.4, 0.5) is 0 Å². The van der Waals surface area contributed by atoms with E-state index in [4.69, 9.17) is 14.7 Å². The van der Waals surface area contributed by atoms with Gasteiger partial charge in [0.1, 0.15) is 17.6 Å². The number of nitrogens with zero attached hydrogens (tertiary/aromatic N) is 1. The van der Waals surface area contributed by atoms with Crippen molar-refractivity contribution in [3.05, 3.63) is 53.6 Å². The molecule has 8 nitrogen and oxygen atoms in total. The zero-order chi connectivity index (χ0) is 20.8. The lowest BCUT2D eigenvalue weighted by molar-refractivity contribution is 0.0659. The fourth-order valence-electron chi connectivity index (χ4n) is 3.10. The fraction of sp³-hybridized carbons (Fsp3) is 0.300. The first-order chi connectivity index (χ1) is 14.0. The molecule has 1 aliphatic rings. The Kier molecular flexibility index (Phi) is 6.97. The molecule has 3 rings (SSSR count). The van der Waals surface area contributed by atoms with E-state index in [-0.39, 0.29) is 17.2 Å². The van der Waals surface area contributed by atoms with Crippen LogP contribution in [0.2, 0.25) is 0 Å². The molecule has 0 aromatic heterocycles. The molecule has 0 radical (unpaired) electrons. The van der Waals surface area contributed by atoms with Gasteiger partial charge in [0.2, 0.25) is 0 Å². The second kappa shape index (κ2) is 9.64. The van der Waals surface area contributed by atoms with Crippen molar-refractivity contribution in [1.82, 2.24) is 9.79 Å². The standard InChI is InChI=1S/C20H22N2O6S/c1-27-13-5-7-14(8-6-13)28-15-9-11-22(12-10-15)29-17-4-2-3-16(20(24)25)18(17)19(23)21-26/h2-8,15,26H,9-12H2,1H3,(H,21,23)(H,24,25). The molecule has 154 valence electrons. The third-order valence-electron chi connectivity index (χ3n) is 4.58. The largest absolute Gasteiger partial charge is 0.497 e. The topological polar surface area (TPSA) is 108 Å². The highest BCUT2D eigenvalue weighted by Gasteiger charge is 2.25. The van der Waals surface area contributed by atoms with E-state index in [1.165, 1.54) is 23.5 Å². The lowest BCUT2D eigenvalue weighted by Gasteiger charge is -2.31. The third kappa shape index (κ3) is 5.20. The molecule has 29 heavy (non-hydrogen) atoms. The monoisotopic (exact) mass is 418 g/mol. The molecule has 2 aromatic carbocycles. The van der Waals surface area contributed by atoms with Gasteiger partial charge in [-0.2, -0.15) is 0 Å². The van der Waals surface area contributed by atoms with E-state index in [0.717, 1.165) is 24.3 Å². The number of rotatable bonds is 7. The summed E-state index contributed by atoms with van der Waals surface area (Å²) in [6.45, 7) is 1.42. The average Bonchev–Trinajstić information content (AvgIpc) is 2.75. The van der Waals surface area contributed by atoms with Crippen LogP contribution in [0.1, 0.15) is 33.6 Å². The van der Waals surface area contributed by atoms with Crippen LogP contribution in [-0.4, -0.2) is 52.8 Å². The molecular formula is C20H22N2O6S. The Morgan fingerprint density at radius 2 is 1.76 bits per heavy atom. The quantitative estimate of drug-likeness (QED) is 0.358. The van der Waals surface area contributed by atoms with E-state index in [0.29, 0.717) is 18.0 Å². The highest BCUT2D eigenvalue weighted by Crippen LogP contribution is 2.32. The fourth-order valence-corrected chi connectivity index (χ4v) is 4.21. The van der Waals surface area contributed by atoms with Gasteiger partial charge in [-0.05, 0) is 61.2 Å². The number of carbonyl (C=O) groups excluding carboxylic acids is 1. The number of ether oxygens (including phenoxy) is 2. The zero-order valence-corrected chi connectivity index (χ0v) is 16.6. The molecule has 1 aliphatic heterocycles. The van der Waals surface area contributed by atoms with Gasteiger partial charge in [0.25, 0.3) is 5.91 Å². The Balaban J connectivity index is 1.62. The molecule has 9 heteroatoms. The molecule has 0 aliphatic carbocycles. The van der Waals surface area contributed by atoms with Gasteiger partial charge in [-0.3, -0.25) is 10.0 Å². The Morgan fingerprint density at radius 3 is 2.34 bits per heavy atom. The van der Waals surface area contributed by atoms with Crippen molar-refractivity contribution < 1.29 is 29.4 Å². The molecule has 3 N–H and O–H groups in total. The summed E-state index contributed by atoms with van der Waals surface area (Å²) in [6.07, 6.45) is 1.66. The first-order valence-corrected chi connectivity index (χ1v) is 9.83. The molecular weight excluding hydrogens is 396 g/mol. The number of carboxylic acids is 1. The van der Waals surface area contributed by atoms with Crippen molar-refractivity contribution in [2.75, 3.05) is 20.2 Å². The van der Waals surface area contributed by atoms with Gasteiger partial charge in [0, 0.05) is 18.0 Å². The van der Waals surface area contributed by atoms with Gasteiger partial charge in [0.05, 0.1) is 18.2 Å². The highest BCUT2D eigenvalue weighted by atomic mass is 32.2. The predicted octanol–water partition coefficient (Wildman–Crippen LogP) is 3.06. The average molecular weight is 418 g/mol. The summed E-state index contributed by atoms with van der Waals surface area (Å²) < 4.78 is 13.2. The second-order valence-electron chi connectivity index (χ2n) is 6.44. The number of hydroxylamine groups is 1. The predicted molar refractivity (Wildman–Crippen MR) is 107 cm³/mol. The van der Waals surface area contributed by atoms with Gasteiger partial charge < -0.3 is 14.6 Å². The molecule has 0 bridgehead atoms. The summed E-state index contributed by atoms with van der Waals surface area (Å²) in [5.41, 5.74) is 1.33. The molecule has 1 saturated heterocycles. The number of methoxy groups -OCH3 is 1. The zero-order valence-electron chi connectivity index (χ0n) is 15.8. The van der Waals surface area contributed by atoms with Crippen LogP contribution in [0.5, 0.6) is 11.5 Å². The number of nitrogens with one attached hydrogen (secondary N) is 1. The van der Waals surface area contributed by atoms with Gasteiger partial charge >= 0.3 is 5.97 Å². The van der Waals surface area contributed by atoms with E-state index in [1.807, 2.05) is 24.3 Å². The van der Waals surface area contributed by atoms with Crippen LogP contribution >= 0.6 is 11.9 Å². The molecule has 0 spiro atoms. The van der Waals surface area contributed by atoms with Gasteiger partial charge in [-0.25, -0.2) is 14.6 Å². The van der Waals surface area contributed by atoms with Crippen LogP contribution in [0, 0.1) is 0 Å². The Bertz CT molecular complexity index is 866. The van der Waals surface area contributed by atoms with Crippen LogP contribution < -0.4 is 15.0 Å². The molecule has 0 saturated carbocycles. The molecule has 1 amide bonds. The summed E-state index contributed by atoms with van der Waals surface area (Å²) in [4.78, 5) is 23.9. The number of carbonyl (C=O) groups is 2. The summed E-state index contributed by atoms with van der Waals surface area (Å²) in [6, 6.07) is 12.0. The minimum atomic E-state index is -1.22. The second-order valence-corrected chi connectivity index (χ2v) is 7.58. The van der Waals surface area contributed by atoms with E-state index in [2.05, 4.69) is 4.31 Å².